The largest absolute Gasteiger partial charge is 0.493 e. The molecule has 0 spiro atoms. The Hall–Kier alpha value is -1.55. The quantitative estimate of drug-likeness (QED) is 0.728. The lowest BCUT2D eigenvalue weighted by atomic mass is 10.2. The fourth-order valence-corrected chi connectivity index (χ4v) is 1.77. The molecule has 1 aromatic rings. The molecule has 1 N–H and O–H groups in total. The van der Waals surface area contributed by atoms with Crippen molar-refractivity contribution in [2.45, 2.75) is 19.8 Å². The van der Waals surface area contributed by atoms with E-state index in [2.05, 4.69) is 5.32 Å². The van der Waals surface area contributed by atoms with E-state index in [-0.39, 0.29) is 5.91 Å². The first-order valence-electron chi connectivity index (χ1n) is 6.71. The van der Waals surface area contributed by atoms with Gasteiger partial charge in [-0.25, -0.2) is 0 Å². The van der Waals surface area contributed by atoms with Crippen molar-refractivity contribution in [1.29, 1.82) is 0 Å². The van der Waals surface area contributed by atoms with Gasteiger partial charge in [-0.3, -0.25) is 4.79 Å². The number of ether oxygens (including phenoxy) is 1. The van der Waals surface area contributed by atoms with E-state index in [0.717, 1.165) is 30.8 Å². The third kappa shape index (κ3) is 6.25. The number of aryl methyl sites for hydroxylation is 1. The van der Waals surface area contributed by atoms with Gasteiger partial charge in [0.2, 0.25) is 5.91 Å². The molecule has 0 saturated carbocycles. The molecule has 0 radical (unpaired) electrons. The zero-order chi connectivity index (χ0) is 14.1. The molecular formula is C15H24N2O2. The van der Waals surface area contributed by atoms with Crippen molar-refractivity contribution in [3.05, 3.63) is 29.8 Å². The van der Waals surface area contributed by atoms with E-state index in [0.29, 0.717) is 13.0 Å². The fourth-order valence-electron chi connectivity index (χ4n) is 1.77. The van der Waals surface area contributed by atoms with Crippen LogP contribution in [-0.2, 0) is 4.79 Å². The Balaban J connectivity index is 2.23. The van der Waals surface area contributed by atoms with Crippen molar-refractivity contribution in [3.8, 4) is 5.75 Å². The molecule has 1 rings (SSSR count). The summed E-state index contributed by atoms with van der Waals surface area (Å²) in [4.78, 5) is 13.6. The molecule has 0 aliphatic rings. The maximum Gasteiger partial charge on any atom is 0.225 e. The summed E-state index contributed by atoms with van der Waals surface area (Å²) in [6.07, 6.45) is 1.39. The van der Waals surface area contributed by atoms with Crippen molar-refractivity contribution in [1.82, 2.24) is 10.2 Å². The van der Waals surface area contributed by atoms with Gasteiger partial charge < -0.3 is 15.0 Å². The second kappa shape index (κ2) is 8.53. The highest BCUT2D eigenvalue weighted by atomic mass is 16.5. The lowest BCUT2D eigenvalue weighted by Gasteiger charge is -2.17. The van der Waals surface area contributed by atoms with Crippen molar-refractivity contribution in [2.75, 3.05) is 33.8 Å². The molecule has 0 aromatic heterocycles. The van der Waals surface area contributed by atoms with Crippen LogP contribution in [0.1, 0.15) is 18.4 Å². The van der Waals surface area contributed by atoms with Crippen LogP contribution in [0.5, 0.6) is 5.75 Å². The van der Waals surface area contributed by atoms with Crippen LogP contribution in [0.4, 0.5) is 0 Å². The highest BCUT2D eigenvalue weighted by Crippen LogP contribution is 2.12. The summed E-state index contributed by atoms with van der Waals surface area (Å²) in [5, 5.41) is 3.07. The minimum absolute atomic E-state index is 0.128. The summed E-state index contributed by atoms with van der Waals surface area (Å²) in [7, 11) is 3.75. The number of rotatable bonds is 8. The minimum Gasteiger partial charge on any atom is -0.493 e. The summed E-state index contributed by atoms with van der Waals surface area (Å²) >= 11 is 0. The van der Waals surface area contributed by atoms with Crippen molar-refractivity contribution < 1.29 is 9.53 Å². The molecule has 0 aliphatic carbocycles. The van der Waals surface area contributed by atoms with E-state index < -0.39 is 0 Å². The Morgan fingerprint density at radius 3 is 2.89 bits per heavy atom. The van der Waals surface area contributed by atoms with Gasteiger partial charge >= 0.3 is 0 Å². The van der Waals surface area contributed by atoms with Crippen LogP contribution >= 0.6 is 0 Å². The zero-order valence-corrected chi connectivity index (χ0v) is 12.1. The first-order valence-corrected chi connectivity index (χ1v) is 6.71. The molecule has 0 bridgehead atoms. The second-order valence-electron chi connectivity index (χ2n) is 4.69. The van der Waals surface area contributed by atoms with Gasteiger partial charge in [0.1, 0.15) is 5.75 Å². The van der Waals surface area contributed by atoms with Gasteiger partial charge in [-0.15, -0.1) is 0 Å². The van der Waals surface area contributed by atoms with Crippen molar-refractivity contribution in [3.63, 3.8) is 0 Å². The number of carbonyl (C=O) groups is 1. The van der Waals surface area contributed by atoms with Crippen molar-refractivity contribution >= 4 is 5.91 Å². The summed E-state index contributed by atoms with van der Waals surface area (Å²) in [5.41, 5.74) is 1.16. The molecular weight excluding hydrogens is 240 g/mol. The van der Waals surface area contributed by atoms with Gasteiger partial charge in [0.15, 0.2) is 0 Å². The molecule has 4 nitrogen and oxygen atoms in total. The summed E-state index contributed by atoms with van der Waals surface area (Å²) in [6, 6.07) is 7.86. The van der Waals surface area contributed by atoms with E-state index in [1.54, 1.807) is 4.90 Å². The average molecular weight is 264 g/mol. The maximum atomic E-state index is 11.8. The van der Waals surface area contributed by atoms with Crippen LogP contribution in [0.15, 0.2) is 24.3 Å². The Labute approximate surface area is 115 Å². The third-order valence-corrected chi connectivity index (χ3v) is 2.92. The highest BCUT2D eigenvalue weighted by Gasteiger charge is 2.08. The first-order chi connectivity index (χ1) is 9.13. The molecule has 0 fully saturated rings. The lowest BCUT2D eigenvalue weighted by Crippen LogP contribution is -2.30. The number of hydrogen-bond acceptors (Lipinski definition) is 3. The maximum absolute atomic E-state index is 11.8. The van der Waals surface area contributed by atoms with E-state index in [9.17, 15) is 4.79 Å². The topological polar surface area (TPSA) is 41.6 Å². The molecule has 0 atom stereocenters. The van der Waals surface area contributed by atoms with E-state index in [4.69, 9.17) is 4.74 Å². The normalized spacial score (nSPS) is 10.3. The van der Waals surface area contributed by atoms with Gasteiger partial charge in [-0.2, -0.15) is 0 Å². The number of nitrogens with zero attached hydrogens (tertiary/aromatic N) is 1. The minimum atomic E-state index is 0.128. The lowest BCUT2D eigenvalue weighted by molar-refractivity contribution is -0.130. The monoisotopic (exact) mass is 264 g/mol. The van der Waals surface area contributed by atoms with E-state index in [1.807, 2.05) is 45.3 Å². The molecule has 1 aromatic carbocycles. The molecule has 19 heavy (non-hydrogen) atoms. The SMILES string of the molecule is CNCCCN(C)C(=O)CCOc1cccc(C)c1. The summed E-state index contributed by atoms with van der Waals surface area (Å²) in [6.45, 7) is 4.16. The number of benzene rings is 1. The molecule has 106 valence electrons. The summed E-state index contributed by atoms with van der Waals surface area (Å²) < 4.78 is 5.57. The molecule has 0 unspecified atom stereocenters. The number of nitrogens with one attached hydrogen (secondary N) is 1. The van der Waals surface area contributed by atoms with Crippen molar-refractivity contribution in [2.24, 2.45) is 0 Å². The molecule has 0 saturated heterocycles. The molecule has 4 heteroatoms. The number of amides is 1. The smallest absolute Gasteiger partial charge is 0.225 e. The van der Waals surface area contributed by atoms with Gasteiger partial charge in [0, 0.05) is 13.6 Å². The van der Waals surface area contributed by atoms with Crippen LogP contribution < -0.4 is 10.1 Å². The Morgan fingerprint density at radius 2 is 2.21 bits per heavy atom. The molecule has 0 aliphatic heterocycles. The van der Waals surface area contributed by atoms with Gasteiger partial charge in [0.25, 0.3) is 0 Å². The van der Waals surface area contributed by atoms with Crippen LogP contribution in [0.25, 0.3) is 0 Å². The van der Waals surface area contributed by atoms with Crippen LogP contribution in [-0.4, -0.2) is 44.6 Å². The van der Waals surface area contributed by atoms with Crippen LogP contribution in [0.2, 0.25) is 0 Å². The first kappa shape index (κ1) is 15.5. The second-order valence-corrected chi connectivity index (χ2v) is 4.69. The Kier molecular flexibility index (Phi) is 6.97. The van der Waals surface area contributed by atoms with Gasteiger partial charge in [-0.1, -0.05) is 12.1 Å². The predicted octanol–water partition coefficient (Wildman–Crippen LogP) is 1.83. The Bertz CT molecular complexity index is 393. The van der Waals surface area contributed by atoms with E-state index in [1.165, 1.54) is 0 Å². The van der Waals surface area contributed by atoms with Crippen LogP contribution in [0, 0.1) is 6.92 Å². The number of carbonyl (C=O) groups excluding carboxylic acids is 1. The van der Waals surface area contributed by atoms with Crippen LogP contribution in [0.3, 0.4) is 0 Å². The number of hydrogen-bond donors (Lipinski definition) is 1. The standard InChI is InChI=1S/C15H24N2O2/c1-13-6-4-7-14(12-13)19-11-8-15(18)17(3)10-5-9-16-2/h4,6-7,12,16H,5,8-11H2,1-3H3. The van der Waals surface area contributed by atoms with Gasteiger partial charge in [-0.05, 0) is 44.6 Å². The fraction of sp³-hybridized carbons (Fsp3) is 0.533. The summed E-state index contributed by atoms with van der Waals surface area (Å²) in [5.74, 6) is 0.953. The van der Waals surface area contributed by atoms with E-state index >= 15 is 0 Å². The molecule has 1 amide bonds. The Morgan fingerprint density at radius 1 is 1.42 bits per heavy atom. The third-order valence-electron chi connectivity index (χ3n) is 2.92. The average Bonchev–Trinajstić information content (AvgIpc) is 2.39. The highest BCUT2D eigenvalue weighted by molar-refractivity contribution is 5.75. The van der Waals surface area contributed by atoms with Gasteiger partial charge in [0.05, 0.1) is 13.0 Å². The predicted molar refractivity (Wildman–Crippen MR) is 77.5 cm³/mol. The molecule has 0 heterocycles. The zero-order valence-electron chi connectivity index (χ0n) is 12.1.